The van der Waals surface area contributed by atoms with E-state index in [1.54, 1.807) is 34.4 Å². The van der Waals surface area contributed by atoms with Crippen molar-refractivity contribution in [1.29, 1.82) is 0 Å². The molecule has 3 heterocycles. The van der Waals surface area contributed by atoms with Gasteiger partial charge < -0.3 is 9.64 Å². The van der Waals surface area contributed by atoms with E-state index in [0.29, 0.717) is 30.4 Å². The number of piperidine rings is 1. The summed E-state index contributed by atoms with van der Waals surface area (Å²) in [5.41, 5.74) is 1.03. The van der Waals surface area contributed by atoms with Gasteiger partial charge in [0.05, 0.1) is 12.8 Å². The van der Waals surface area contributed by atoms with Gasteiger partial charge >= 0.3 is 5.69 Å². The summed E-state index contributed by atoms with van der Waals surface area (Å²) in [6, 6.07) is 9.47. The summed E-state index contributed by atoms with van der Waals surface area (Å²) < 4.78 is 9.81. The monoisotopic (exact) mass is 396 g/mol. The number of likely N-dealkylation sites (tertiary alicyclic amines) is 1. The quantitative estimate of drug-likeness (QED) is 0.664. The molecule has 4 rings (SSSR count). The minimum Gasteiger partial charge on any atom is -0.479 e. The lowest BCUT2D eigenvalue weighted by atomic mass is 9.96. The second-order valence-electron chi connectivity index (χ2n) is 7.25. The second kappa shape index (κ2) is 7.57. The zero-order valence-corrected chi connectivity index (χ0v) is 16.8. The maximum absolute atomic E-state index is 13.1. The third-order valence-electron chi connectivity index (χ3n) is 5.26. The predicted octanol–water partition coefficient (Wildman–Crippen LogP) is 1.33. The molecule has 29 heavy (non-hydrogen) atoms. The molecule has 0 radical (unpaired) electrons. The Morgan fingerprint density at radius 2 is 1.93 bits per heavy atom. The number of nitrogens with zero attached hydrogens (tertiary/aromatic N) is 6. The standard InChI is InChI=1S/C20H24N6O3/c1-23-13-16(18(22-23)29-3)19(27)25-11-7-8-14(12-25)17-21-24(2)20(28)26(17)15-9-5-4-6-10-15/h4-6,9-10,13-14H,7-8,11-12H2,1-3H3/t14-/m1/s1. The van der Waals surface area contributed by atoms with Crippen LogP contribution in [0.3, 0.4) is 0 Å². The molecule has 1 fully saturated rings. The van der Waals surface area contributed by atoms with Crippen molar-refractivity contribution in [3.8, 4) is 11.6 Å². The molecule has 1 amide bonds. The summed E-state index contributed by atoms with van der Waals surface area (Å²) >= 11 is 0. The summed E-state index contributed by atoms with van der Waals surface area (Å²) in [7, 11) is 4.91. The molecule has 152 valence electrons. The van der Waals surface area contributed by atoms with Crippen molar-refractivity contribution < 1.29 is 9.53 Å². The lowest BCUT2D eigenvalue weighted by Crippen LogP contribution is -2.40. The van der Waals surface area contributed by atoms with Crippen LogP contribution in [0.1, 0.15) is 34.9 Å². The number of hydrogen-bond donors (Lipinski definition) is 0. The number of aryl methyl sites for hydroxylation is 2. The molecule has 1 aliphatic rings. The van der Waals surface area contributed by atoms with E-state index >= 15 is 0 Å². The summed E-state index contributed by atoms with van der Waals surface area (Å²) in [4.78, 5) is 27.6. The van der Waals surface area contributed by atoms with Crippen molar-refractivity contribution in [2.75, 3.05) is 20.2 Å². The maximum Gasteiger partial charge on any atom is 0.350 e. The van der Waals surface area contributed by atoms with E-state index in [2.05, 4.69) is 10.2 Å². The van der Waals surface area contributed by atoms with Crippen molar-refractivity contribution in [3.05, 3.63) is 58.4 Å². The topological polar surface area (TPSA) is 87.2 Å². The Labute approximate surface area is 168 Å². The van der Waals surface area contributed by atoms with Crippen LogP contribution in [0.5, 0.6) is 5.88 Å². The average Bonchev–Trinajstić information content (AvgIpc) is 3.27. The molecule has 0 saturated carbocycles. The molecule has 3 aromatic rings. The van der Waals surface area contributed by atoms with Crippen LogP contribution in [0.4, 0.5) is 0 Å². The van der Waals surface area contributed by atoms with E-state index in [9.17, 15) is 9.59 Å². The Morgan fingerprint density at radius 1 is 1.17 bits per heavy atom. The van der Waals surface area contributed by atoms with Crippen LogP contribution in [0.15, 0.2) is 41.3 Å². The summed E-state index contributed by atoms with van der Waals surface area (Å²) in [6.45, 7) is 1.13. The van der Waals surface area contributed by atoms with Crippen molar-refractivity contribution >= 4 is 5.91 Å². The number of carbonyl (C=O) groups is 1. The predicted molar refractivity (Wildman–Crippen MR) is 106 cm³/mol. The van der Waals surface area contributed by atoms with Crippen LogP contribution in [0.2, 0.25) is 0 Å². The molecule has 2 aromatic heterocycles. The fourth-order valence-corrected chi connectivity index (χ4v) is 3.88. The normalized spacial score (nSPS) is 16.8. The number of rotatable bonds is 4. The van der Waals surface area contributed by atoms with Crippen LogP contribution in [0, 0.1) is 0 Å². The van der Waals surface area contributed by atoms with Crippen LogP contribution in [-0.2, 0) is 14.1 Å². The number of para-hydroxylation sites is 1. The average molecular weight is 396 g/mol. The Kier molecular flexibility index (Phi) is 4.96. The van der Waals surface area contributed by atoms with Crippen LogP contribution in [0.25, 0.3) is 5.69 Å². The minimum absolute atomic E-state index is 0.0375. The number of carbonyl (C=O) groups excluding carboxylic acids is 1. The van der Waals surface area contributed by atoms with Gasteiger partial charge in [-0.25, -0.2) is 14.0 Å². The van der Waals surface area contributed by atoms with Crippen molar-refractivity contribution in [1.82, 2.24) is 29.0 Å². The molecule has 0 spiro atoms. The number of benzene rings is 1. The van der Waals surface area contributed by atoms with Crippen LogP contribution < -0.4 is 10.4 Å². The van der Waals surface area contributed by atoms with E-state index in [1.807, 2.05) is 30.3 Å². The molecule has 0 aliphatic carbocycles. The summed E-state index contributed by atoms with van der Waals surface area (Å²) in [5, 5.41) is 8.68. The number of hydrogen-bond acceptors (Lipinski definition) is 5. The van der Waals surface area contributed by atoms with Crippen molar-refractivity contribution in [2.24, 2.45) is 14.1 Å². The van der Waals surface area contributed by atoms with Gasteiger partial charge in [-0.05, 0) is 25.0 Å². The molecule has 1 atom stereocenters. The molecule has 1 saturated heterocycles. The molecule has 0 unspecified atom stereocenters. The first-order valence-electron chi connectivity index (χ1n) is 9.58. The SMILES string of the molecule is COc1nn(C)cc1C(=O)N1CCC[C@@H](c2nn(C)c(=O)n2-c2ccccc2)C1. The van der Waals surface area contributed by atoms with Gasteiger partial charge in [-0.15, -0.1) is 5.10 Å². The Balaban J connectivity index is 1.65. The molecule has 9 nitrogen and oxygen atoms in total. The molecule has 1 aliphatic heterocycles. The van der Waals surface area contributed by atoms with Gasteiger partial charge in [-0.2, -0.15) is 5.10 Å². The first-order chi connectivity index (χ1) is 14.0. The molecule has 0 bridgehead atoms. The highest BCUT2D eigenvalue weighted by Gasteiger charge is 2.31. The highest BCUT2D eigenvalue weighted by Crippen LogP contribution is 2.28. The number of amides is 1. The summed E-state index contributed by atoms with van der Waals surface area (Å²) in [6.07, 6.45) is 3.36. The highest BCUT2D eigenvalue weighted by atomic mass is 16.5. The minimum atomic E-state index is -0.191. The third kappa shape index (κ3) is 3.43. The molecule has 1 aromatic carbocycles. The zero-order valence-electron chi connectivity index (χ0n) is 16.8. The number of aromatic nitrogens is 5. The molecule has 0 N–H and O–H groups in total. The van der Waals surface area contributed by atoms with Gasteiger partial charge in [-0.1, -0.05) is 18.2 Å². The Hall–Kier alpha value is -3.36. The van der Waals surface area contributed by atoms with Gasteiger partial charge in [0.1, 0.15) is 11.4 Å². The lowest BCUT2D eigenvalue weighted by molar-refractivity contribution is 0.0700. The first kappa shape index (κ1) is 19.0. The fraction of sp³-hybridized carbons (Fsp3) is 0.400. The van der Waals surface area contributed by atoms with E-state index in [4.69, 9.17) is 4.74 Å². The van der Waals surface area contributed by atoms with Gasteiger partial charge in [0, 0.05) is 39.3 Å². The van der Waals surface area contributed by atoms with Gasteiger partial charge in [-0.3, -0.25) is 9.48 Å². The number of methoxy groups -OCH3 is 1. The van der Waals surface area contributed by atoms with E-state index < -0.39 is 0 Å². The third-order valence-corrected chi connectivity index (χ3v) is 5.26. The van der Waals surface area contributed by atoms with Crippen LogP contribution in [-0.4, -0.2) is 55.1 Å². The second-order valence-corrected chi connectivity index (χ2v) is 7.25. The Bertz CT molecular complexity index is 1080. The Morgan fingerprint density at radius 3 is 2.66 bits per heavy atom. The number of ether oxygens (including phenoxy) is 1. The molecule has 9 heteroatoms. The van der Waals surface area contributed by atoms with Crippen LogP contribution >= 0.6 is 0 Å². The van der Waals surface area contributed by atoms with Crippen molar-refractivity contribution in [3.63, 3.8) is 0 Å². The highest BCUT2D eigenvalue weighted by molar-refractivity contribution is 5.96. The zero-order chi connectivity index (χ0) is 20.5. The maximum atomic E-state index is 13.1. The van der Waals surface area contributed by atoms with Gasteiger partial charge in [0.15, 0.2) is 0 Å². The lowest BCUT2D eigenvalue weighted by Gasteiger charge is -2.32. The molecular formula is C20H24N6O3. The smallest absolute Gasteiger partial charge is 0.350 e. The van der Waals surface area contributed by atoms with E-state index in [1.165, 1.54) is 11.8 Å². The molecular weight excluding hydrogens is 372 g/mol. The van der Waals surface area contributed by atoms with Gasteiger partial charge in [0.25, 0.3) is 5.91 Å². The summed E-state index contributed by atoms with van der Waals surface area (Å²) in [5.74, 6) is 0.840. The van der Waals surface area contributed by atoms with Crippen molar-refractivity contribution in [2.45, 2.75) is 18.8 Å². The van der Waals surface area contributed by atoms with E-state index in [-0.39, 0.29) is 17.5 Å². The fourth-order valence-electron chi connectivity index (χ4n) is 3.88. The van der Waals surface area contributed by atoms with E-state index in [0.717, 1.165) is 18.5 Å². The van der Waals surface area contributed by atoms with Gasteiger partial charge in [0.2, 0.25) is 5.88 Å². The largest absolute Gasteiger partial charge is 0.479 e. The first-order valence-corrected chi connectivity index (χ1v) is 9.58.